The zero-order valence-electron chi connectivity index (χ0n) is 14.0. The summed E-state index contributed by atoms with van der Waals surface area (Å²) in [5.41, 5.74) is -2.66. The summed E-state index contributed by atoms with van der Waals surface area (Å²) in [6.07, 6.45) is 8.24. The molecule has 23 heavy (non-hydrogen) atoms. The Labute approximate surface area is 138 Å². The van der Waals surface area contributed by atoms with Crippen molar-refractivity contribution in [1.82, 2.24) is 18.5 Å². The van der Waals surface area contributed by atoms with Crippen LogP contribution in [0.25, 0.3) is 0 Å². The molecule has 0 saturated carbocycles. The Kier molecular flexibility index (Phi) is 21.1. The minimum absolute atomic E-state index is 0. The summed E-state index contributed by atoms with van der Waals surface area (Å²) in [5, 5.41) is 9.04. The first-order valence-electron chi connectivity index (χ1n) is 6.92. The first-order valence-corrected chi connectivity index (χ1v) is 10.2. The molecule has 0 rings (SSSR count). The Morgan fingerprint density at radius 2 is 1.22 bits per heavy atom. The van der Waals surface area contributed by atoms with Gasteiger partial charge in [-0.15, -0.1) is 0 Å². The van der Waals surface area contributed by atoms with Crippen LogP contribution in [-0.2, 0) is 13.7 Å². The van der Waals surface area contributed by atoms with Gasteiger partial charge in [0.2, 0.25) is 0 Å². The molecule has 10 nitrogen and oxygen atoms in total. The Morgan fingerprint density at radius 1 is 0.826 bits per heavy atom. The number of hydrogen-bond acceptors (Lipinski definition) is 7. The first-order chi connectivity index (χ1) is 9.22. The summed E-state index contributed by atoms with van der Waals surface area (Å²) < 4.78 is 26.6. The highest BCUT2D eigenvalue weighted by molar-refractivity contribution is 7.70. The fourth-order valence-corrected chi connectivity index (χ4v) is 3.93. The first kappa shape index (κ1) is 31.0. The second-order valence-electron chi connectivity index (χ2n) is 4.81. The molecule has 0 fully saturated rings. The standard InChI is InChI=1S/C11H26O7P2.3H3N/c1-2-3-4-5-6-7-8-9-10-18-20(16,17)11(12)19(13,14)15;;;/h11-12H,2-10H2,1H3,(H,16,17)(H2,13,14,15);3*1H3. The second kappa shape index (κ2) is 15.7. The van der Waals surface area contributed by atoms with E-state index in [1.165, 1.54) is 25.7 Å². The molecule has 146 valence electrons. The van der Waals surface area contributed by atoms with Gasteiger partial charge in [-0.25, -0.2) is 0 Å². The van der Waals surface area contributed by atoms with Gasteiger partial charge in [-0.3, -0.25) is 9.13 Å². The summed E-state index contributed by atoms with van der Waals surface area (Å²) in [6.45, 7) is 2.05. The van der Waals surface area contributed by atoms with Gasteiger partial charge in [-0.05, 0) is 6.42 Å². The summed E-state index contributed by atoms with van der Waals surface area (Å²) >= 11 is 0. The molecule has 12 heteroatoms. The molecule has 2 atom stereocenters. The quantitative estimate of drug-likeness (QED) is 0.192. The number of unbranched alkanes of at least 4 members (excludes halogenated alkanes) is 7. The highest BCUT2D eigenvalue weighted by atomic mass is 31.2. The topological polar surface area (TPSA) is 229 Å². The third kappa shape index (κ3) is 15.4. The molecule has 0 aromatic heterocycles. The van der Waals surface area contributed by atoms with Crippen LogP contribution in [0.15, 0.2) is 0 Å². The van der Waals surface area contributed by atoms with Crippen LogP contribution < -0.4 is 18.5 Å². The lowest BCUT2D eigenvalue weighted by atomic mass is 10.1. The molecule has 0 aromatic carbocycles. The van der Waals surface area contributed by atoms with E-state index < -0.39 is 20.8 Å². The van der Waals surface area contributed by atoms with Gasteiger partial charge in [-0.2, -0.15) is 0 Å². The third-order valence-electron chi connectivity index (χ3n) is 2.87. The van der Waals surface area contributed by atoms with Crippen LogP contribution in [0.2, 0.25) is 0 Å². The van der Waals surface area contributed by atoms with Gasteiger partial charge in [0.05, 0.1) is 6.61 Å². The molecule has 0 aliphatic rings. The highest BCUT2D eigenvalue weighted by Gasteiger charge is 2.44. The molecule has 0 bridgehead atoms. The van der Waals surface area contributed by atoms with Gasteiger partial charge in [0, 0.05) is 0 Å². The predicted molar refractivity (Wildman–Crippen MR) is 91.5 cm³/mol. The maximum Gasteiger partial charge on any atom is 0.368 e. The molecule has 0 aliphatic carbocycles. The molecule has 0 amide bonds. The van der Waals surface area contributed by atoms with Crippen molar-refractivity contribution >= 4 is 15.2 Å². The second-order valence-corrected chi connectivity index (χ2v) is 8.76. The van der Waals surface area contributed by atoms with Crippen LogP contribution in [0.5, 0.6) is 0 Å². The van der Waals surface area contributed by atoms with Crippen LogP contribution in [-0.4, -0.2) is 32.0 Å². The third-order valence-corrected chi connectivity index (χ3v) is 6.38. The maximum atomic E-state index is 11.4. The van der Waals surface area contributed by atoms with Crippen molar-refractivity contribution in [3.8, 4) is 0 Å². The Hall–Kier alpha value is 0.140. The predicted octanol–water partition coefficient (Wildman–Crippen LogP) is 3.27. The normalized spacial score (nSPS) is 14.7. The van der Waals surface area contributed by atoms with Crippen molar-refractivity contribution < 1.29 is 33.4 Å². The molecule has 2 unspecified atom stereocenters. The van der Waals surface area contributed by atoms with E-state index in [2.05, 4.69) is 11.4 Å². The Balaban J connectivity index is -0.000000602. The van der Waals surface area contributed by atoms with Crippen LogP contribution in [0.4, 0.5) is 0 Å². The lowest BCUT2D eigenvalue weighted by Crippen LogP contribution is -2.10. The number of aliphatic hydroxyl groups excluding tert-OH is 1. The molecular formula is C11H35N3O7P2. The number of hydrogen-bond donors (Lipinski definition) is 7. The van der Waals surface area contributed by atoms with Gasteiger partial charge in [-0.1, -0.05) is 51.9 Å². The van der Waals surface area contributed by atoms with Crippen molar-refractivity contribution in [1.29, 1.82) is 0 Å². The molecule has 0 aliphatic heterocycles. The smallest absolute Gasteiger partial charge is 0.368 e. The van der Waals surface area contributed by atoms with Gasteiger partial charge in [0.15, 0.2) is 0 Å². The molecule has 0 heterocycles. The van der Waals surface area contributed by atoms with Gasteiger partial charge in [0.25, 0.3) is 5.59 Å². The molecule has 0 aromatic rings. The summed E-state index contributed by atoms with van der Waals surface area (Å²) in [6, 6.07) is 0. The van der Waals surface area contributed by atoms with Crippen LogP contribution in [0.3, 0.4) is 0 Å². The fourth-order valence-electron chi connectivity index (χ4n) is 1.69. The summed E-state index contributed by atoms with van der Waals surface area (Å²) in [4.78, 5) is 26.4. The SMILES string of the molecule is CCCCCCCCCCOP(=O)(O)C(O)P(=O)(O)O.N.N.N. The number of rotatable bonds is 12. The van der Waals surface area contributed by atoms with Crippen molar-refractivity contribution in [2.24, 2.45) is 0 Å². The van der Waals surface area contributed by atoms with Crippen LogP contribution >= 0.6 is 15.2 Å². The van der Waals surface area contributed by atoms with Crippen molar-refractivity contribution in [3.63, 3.8) is 0 Å². The number of aliphatic hydroxyl groups is 1. The van der Waals surface area contributed by atoms with Crippen LogP contribution in [0, 0.1) is 0 Å². The van der Waals surface area contributed by atoms with Crippen molar-refractivity contribution in [2.45, 2.75) is 63.9 Å². The minimum atomic E-state index is -5.04. The monoisotopic (exact) mass is 383 g/mol. The minimum Gasteiger partial charge on any atom is -0.370 e. The maximum absolute atomic E-state index is 11.4. The van der Waals surface area contributed by atoms with E-state index in [-0.39, 0.29) is 25.1 Å². The average Bonchev–Trinajstić information content (AvgIpc) is 2.34. The molecule has 0 saturated heterocycles. The molecule has 13 N–H and O–H groups in total. The Morgan fingerprint density at radius 3 is 1.61 bits per heavy atom. The molecular weight excluding hydrogens is 348 g/mol. The van der Waals surface area contributed by atoms with Crippen molar-refractivity contribution in [2.75, 3.05) is 6.61 Å². The largest absolute Gasteiger partial charge is 0.370 e. The van der Waals surface area contributed by atoms with Gasteiger partial charge in [0.1, 0.15) is 0 Å². The van der Waals surface area contributed by atoms with E-state index in [9.17, 15) is 14.0 Å². The zero-order chi connectivity index (χ0) is 15.6. The van der Waals surface area contributed by atoms with E-state index in [1.54, 1.807) is 0 Å². The van der Waals surface area contributed by atoms with E-state index in [0.717, 1.165) is 19.3 Å². The van der Waals surface area contributed by atoms with Crippen molar-refractivity contribution in [3.05, 3.63) is 0 Å². The lowest BCUT2D eigenvalue weighted by molar-refractivity contribution is 0.186. The van der Waals surface area contributed by atoms with E-state index in [4.69, 9.17) is 14.9 Å². The van der Waals surface area contributed by atoms with Gasteiger partial charge < -0.3 is 42.8 Å². The van der Waals surface area contributed by atoms with Crippen LogP contribution in [0.1, 0.15) is 58.3 Å². The highest BCUT2D eigenvalue weighted by Crippen LogP contribution is 2.61. The summed E-state index contributed by atoms with van der Waals surface area (Å²) in [7, 11) is -9.72. The summed E-state index contributed by atoms with van der Waals surface area (Å²) in [5.74, 6) is 0. The average molecular weight is 383 g/mol. The van der Waals surface area contributed by atoms with E-state index in [0.29, 0.717) is 6.42 Å². The van der Waals surface area contributed by atoms with E-state index in [1.807, 2.05) is 0 Å². The molecule has 0 spiro atoms. The lowest BCUT2D eigenvalue weighted by Gasteiger charge is -2.18. The zero-order valence-corrected chi connectivity index (χ0v) is 15.8. The van der Waals surface area contributed by atoms with E-state index >= 15 is 0 Å². The van der Waals surface area contributed by atoms with Gasteiger partial charge >= 0.3 is 15.2 Å². The fraction of sp³-hybridized carbons (Fsp3) is 1.00. The molecule has 0 radical (unpaired) electrons. The Bertz CT molecular complexity index is 355.